The van der Waals surface area contributed by atoms with Gasteiger partial charge in [-0.1, -0.05) is 11.6 Å². The van der Waals surface area contributed by atoms with Crippen LogP contribution in [0, 0.1) is 6.92 Å². The average molecular weight is 329 g/mol. The van der Waals surface area contributed by atoms with Crippen molar-refractivity contribution in [2.45, 2.75) is 18.4 Å². The molecule has 112 valence electrons. The SMILES string of the molecule is Cc1c(C(=O)O)cc(Cl)cc1S(=O)(=O)CCn1ccnc1. The van der Waals surface area contributed by atoms with Crippen LogP contribution in [-0.2, 0) is 16.4 Å². The van der Waals surface area contributed by atoms with Gasteiger partial charge in [0, 0.05) is 24.0 Å². The van der Waals surface area contributed by atoms with Crippen molar-refractivity contribution >= 4 is 27.4 Å². The molecule has 0 fully saturated rings. The molecule has 8 heteroatoms. The Hall–Kier alpha value is -1.86. The van der Waals surface area contributed by atoms with Gasteiger partial charge in [0.25, 0.3) is 0 Å². The number of carboxylic acids is 1. The van der Waals surface area contributed by atoms with Gasteiger partial charge in [0.1, 0.15) is 0 Å². The third kappa shape index (κ3) is 3.43. The second-order valence-electron chi connectivity index (χ2n) is 4.50. The molecule has 0 saturated carbocycles. The van der Waals surface area contributed by atoms with E-state index >= 15 is 0 Å². The molecule has 21 heavy (non-hydrogen) atoms. The van der Waals surface area contributed by atoms with Gasteiger partial charge in [-0.15, -0.1) is 0 Å². The number of sulfone groups is 1. The second-order valence-corrected chi connectivity index (χ2v) is 7.02. The summed E-state index contributed by atoms with van der Waals surface area (Å²) in [6, 6.07) is 2.53. The Labute approximate surface area is 126 Å². The Bertz CT molecular complexity index is 770. The van der Waals surface area contributed by atoms with Crippen molar-refractivity contribution < 1.29 is 18.3 Å². The summed E-state index contributed by atoms with van der Waals surface area (Å²) in [5.41, 5.74) is 0.0845. The zero-order valence-corrected chi connectivity index (χ0v) is 12.7. The highest BCUT2D eigenvalue weighted by atomic mass is 35.5. The van der Waals surface area contributed by atoms with E-state index in [1.807, 2.05) is 0 Å². The number of carbonyl (C=O) groups is 1. The lowest BCUT2D eigenvalue weighted by molar-refractivity contribution is 0.0696. The number of aryl methyl sites for hydroxylation is 1. The maximum absolute atomic E-state index is 12.4. The molecule has 1 heterocycles. The van der Waals surface area contributed by atoms with Crippen molar-refractivity contribution in [3.05, 3.63) is 47.0 Å². The Morgan fingerprint density at radius 1 is 1.43 bits per heavy atom. The van der Waals surface area contributed by atoms with Crippen LogP contribution in [0.2, 0.25) is 5.02 Å². The van der Waals surface area contributed by atoms with E-state index in [4.69, 9.17) is 16.7 Å². The van der Waals surface area contributed by atoms with Crippen molar-refractivity contribution in [1.82, 2.24) is 9.55 Å². The molecule has 6 nitrogen and oxygen atoms in total. The van der Waals surface area contributed by atoms with Gasteiger partial charge in [-0.3, -0.25) is 0 Å². The van der Waals surface area contributed by atoms with E-state index in [0.29, 0.717) is 0 Å². The predicted molar refractivity (Wildman–Crippen MR) is 77.4 cm³/mol. The third-order valence-electron chi connectivity index (χ3n) is 3.07. The minimum absolute atomic E-state index is 0.0486. The van der Waals surface area contributed by atoms with Gasteiger partial charge >= 0.3 is 5.97 Å². The van der Waals surface area contributed by atoms with E-state index < -0.39 is 15.8 Å². The average Bonchev–Trinajstić information content (AvgIpc) is 2.91. The molecule has 0 radical (unpaired) electrons. The predicted octanol–water partition coefficient (Wildman–Crippen LogP) is 2.02. The molecule has 1 aromatic heterocycles. The molecular weight excluding hydrogens is 316 g/mol. The van der Waals surface area contributed by atoms with Gasteiger partial charge in [-0.05, 0) is 24.6 Å². The molecule has 0 aliphatic carbocycles. The Morgan fingerprint density at radius 3 is 2.71 bits per heavy atom. The summed E-state index contributed by atoms with van der Waals surface area (Å²) in [5, 5.41) is 9.18. The normalized spacial score (nSPS) is 11.5. The lowest BCUT2D eigenvalue weighted by Crippen LogP contribution is -2.15. The van der Waals surface area contributed by atoms with Gasteiger partial charge < -0.3 is 9.67 Å². The zero-order valence-electron chi connectivity index (χ0n) is 11.2. The fraction of sp³-hybridized carbons (Fsp3) is 0.231. The molecule has 0 unspecified atom stereocenters. The highest BCUT2D eigenvalue weighted by Gasteiger charge is 2.22. The van der Waals surface area contributed by atoms with E-state index in [2.05, 4.69) is 4.98 Å². The van der Waals surface area contributed by atoms with Gasteiger partial charge in [0.15, 0.2) is 9.84 Å². The molecule has 0 spiro atoms. The number of hydrogen-bond donors (Lipinski definition) is 1. The molecule has 2 rings (SSSR count). The number of nitrogens with zero attached hydrogens (tertiary/aromatic N) is 2. The van der Waals surface area contributed by atoms with Crippen LogP contribution in [-0.4, -0.2) is 34.8 Å². The number of benzene rings is 1. The van der Waals surface area contributed by atoms with Crippen LogP contribution in [0.25, 0.3) is 0 Å². The van der Waals surface area contributed by atoms with Crippen LogP contribution >= 0.6 is 11.6 Å². The Morgan fingerprint density at radius 2 is 2.14 bits per heavy atom. The molecule has 0 aliphatic heterocycles. The van der Waals surface area contributed by atoms with Crippen molar-refractivity contribution in [3.8, 4) is 0 Å². The van der Waals surface area contributed by atoms with Gasteiger partial charge in [-0.2, -0.15) is 0 Å². The number of imidazole rings is 1. The fourth-order valence-corrected chi connectivity index (χ4v) is 3.79. The molecule has 2 aromatic rings. The van der Waals surface area contributed by atoms with Gasteiger partial charge in [0.2, 0.25) is 0 Å². The third-order valence-corrected chi connectivity index (χ3v) is 5.10. The summed E-state index contributed by atoms with van der Waals surface area (Å²) >= 11 is 5.83. The number of aromatic carboxylic acids is 1. The molecule has 0 saturated heterocycles. The quantitative estimate of drug-likeness (QED) is 0.907. The summed E-state index contributed by atoms with van der Waals surface area (Å²) in [6.07, 6.45) is 4.73. The van der Waals surface area contributed by atoms with Crippen LogP contribution in [0.15, 0.2) is 35.7 Å². The first-order chi connectivity index (χ1) is 9.81. The second kappa shape index (κ2) is 5.87. The molecule has 0 amide bonds. The smallest absolute Gasteiger partial charge is 0.336 e. The summed E-state index contributed by atoms with van der Waals surface area (Å²) < 4.78 is 26.4. The van der Waals surface area contributed by atoms with Crippen molar-refractivity contribution in [1.29, 1.82) is 0 Å². The van der Waals surface area contributed by atoms with Crippen molar-refractivity contribution in [2.24, 2.45) is 0 Å². The molecule has 0 bridgehead atoms. The summed E-state index contributed by atoms with van der Waals surface area (Å²) in [7, 11) is -3.64. The van der Waals surface area contributed by atoms with E-state index in [9.17, 15) is 13.2 Å². The van der Waals surface area contributed by atoms with Crippen molar-refractivity contribution in [3.63, 3.8) is 0 Å². The van der Waals surface area contributed by atoms with Crippen LogP contribution in [0.1, 0.15) is 15.9 Å². The van der Waals surface area contributed by atoms with Crippen LogP contribution in [0.4, 0.5) is 0 Å². The first-order valence-corrected chi connectivity index (χ1v) is 8.06. The highest BCUT2D eigenvalue weighted by Crippen LogP contribution is 2.25. The van der Waals surface area contributed by atoms with Crippen LogP contribution in [0.5, 0.6) is 0 Å². The maximum Gasteiger partial charge on any atom is 0.336 e. The first-order valence-electron chi connectivity index (χ1n) is 6.03. The summed E-state index contributed by atoms with van der Waals surface area (Å²) in [4.78, 5) is 14.9. The number of rotatable bonds is 5. The minimum Gasteiger partial charge on any atom is -0.478 e. The number of aromatic nitrogens is 2. The minimum atomic E-state index is -3.64. The van der Waals surface area contributed by atoms with Crippen LogP contribution < -0.4 is 0 Å². The highest BCUT2D eigenvalue weighted by molar-refractivity contribution is 7.91. The monoisotopic (exact) mass is 328 g/mol. The first kappa shape index (κ1) is 15.5. The fourth-order valence-electron chi connectivity index (χ4n) is 1.95. The van der Waals surface area contributed by atoms with Gasteiger partial charge in [0.05, 0.1) is 22.5 Å². The summed E-state index contributed by atoms with van der Waals surface area (Å²) in [5.74, 6) is -1.37. The largest absolute Gasteiger partial charge is 0.478 e. The maximum atomic E-state index is 12.4. The lowest BCUT2D eigenvalue weighted by atomic mass is 10.1. The molecular formula is C13H13ClN2O4S. The van der Waals surface area contributed by atoms with Crippen LogP contribution in [0.3, 0.4) is 0 Å². The standard InChI is InChI=1S/C13H13ClN2O4S/c1-9-11(13(17)18)6-10(14)7-12(9)21(19,20)5-4-16-3-2-15-8-16/h2-3,6-8H,4-5H2,1H3,(H,17,18). The topological polar surface area (TPSA) is 89.3 Å². The molecule has 1 N–H and O–H groups in total. The number of carboxylic acid groups (broad SMARTS) is 1. The lowest BCUT2D eigenvalue weighted by Gasteiger charge is -2.11. The molecule has 0 aliphatic rings. The van der Waals surface area contributed by atoms with E-state index in [-0.39, 0.29) is 33.3 Å². The number of halogens is 1. The summed E-state index contributed by atoms with van der Waals surface area (Å²) in [6.45, 7) is 1.70. The van der Waals surface area contributed by atoms with Crippen molar-refractivity contribution in [2.75, 3.05) is 5.75 Å². The van der Waals surface area contributed by atoms with E-state index in [1.54, 1.807) is 17.0 Å². The molecule has 0 atom stereocenters. The zero-order chi connectivity index (χ0) is 15.6. The Kier molecular flexibility index (Phi) is 4.34. The van der Waals surface area contributed by atoms with E-state index in [0.717, 1.165) is 0 Å². The van der Waals surface area contributed by atoms with Gasteiger partial charge in [-0.25, -0.2) is 18.2 Å². The number of hydrogen-bond acceptors (Lipinski definition) is 4. The molecule has 1 aromatic carbocycles. The Balaban J connectivity index is 2.37. The van der Waals surface area contributed by atoms with E-state index in [1.165, 1.54) is 25.4 Å².